The van der Waals surface area contributed by atoms with E-state index in [2.05, 4.69) is 0 Å². The Balaban J connectivity index is 1.56. The van der Waals surface area contributed by atoms with Crippen LogP contribution in [-0.4, -0.2) is 47.0 Å². The van der Waals surface area contributed by atoms with Crippen LogP contribution >= 0.6 is 0 Å². The molecule has 3 heterocycles. The van der Waals surface area contributed by atoms with Gasteiger partial charge in [-0.05, 0) is 53.6 Å². The SMILES string of the molecule is COc1ccc(N2c3ccccc3[C@@H]3[C@H]4C(=O)N(C)C(=O)[C@H]4ON3[C@@H]2c2ccc([N+](=O)[O-])cc2)cc1. The second-order valence-corrected chi connectivity index (χ2v) is 8.94. The van der Waals surface area contributed by atoms with Gasteiger partial charge < -0.3 is 9.64 Å². The minimum Gasteiger partial charge on any atom is -0.497 e. The fourth-order valence-electron chi connectivity index (χ4n) is 5.40. The average molecular weight is 486 g/mol. The third-order valence-corrected chi connectivity index (χ3v) is 7.12. The van der Waals surface area contributed by atoms with E-state index in [4.69, 9.17) is 9.57 Å². The molecule has 4 atom stereocenters. The Labute approximate surface area is 206 Å². The molecule has 2 fully saturated rings. The lowest BCUT2D eigenvalue weighted by Crippen LogP contribution is -2.45. The summed E-state index contributed by atoms with van der Waals surface area (Å²) in [5, 5.41) is 13.0. The molecule has 0 aromatic heterocycles. The number of carbonyl (C=O) groups excluding carboxylic acids is 2. The van der Waals surface area contributed by atoms with Gasteiger partial charge in [0.15, 0.2) is 6.10 Å². The Hall–Kier alpha value is -4.28. The zero-order valence-electron chi connectivity index (χ0n) is 19.5. The summed E-state index contributed by atoms with van der Waals surface area (Å²) in [7, 11) is 3.07. The van der Waals surface area contributed by atoms with Crippen molar-refractivity contribution >= 4 is 28.9 Å². The summed E-state index contributed by atoms with van der Waals surface area (Å²) >= 11 is 0. The summed E-state index contributed by atoms with van der Waals surface area (Å²) < 4.78 is 5.33. The minimum atomic E-state index is -0.933. The Morgan fingerprint density at radius 1 is 0.944 bits per heavy atom. The smallest absolute Gasteiger partial charge is 0.269 e. The first-order chi connectivity index (χ1) is 17.4. The number of likely N-dealkylation sites (N-methyl/N-ethyl adjacent to an activating group) is 1. The highest BCUT2D eigenvalue weighted by atomic mass is 16.7. The third kappa shape index (κ3) is 3.11. The number of amides is 2. The number of nitro benzene ring substituents is 1. The number of likely N-dealkylation sites (tertiary alicyclic amines) is 1. The van der Waals surface area contributed by atoms with Gasteiger partial charge in [-0.1, -0.05) is 18.2 Å². The predicted molar refractivity (Wildman–Crippen MR) is 128 cm³/mol. The van der Waals surface area contributed by atoms with Crippen LogP contribution in [-0.2, 0) is 14.4 Å². The van der Waals surface area contributed by atoms with Gasteiger partial charge in [0.05, 0.1) is 24.0 Å². The monoisotopic (exact) mass is 486 g/mol. The maximum Gasteiger partial charge on any atom is 0.269 e. The average Bonchev–Trinajstić information content (AvgIpc) is 3.40. The summed E-state index contributed by atoms with van der Waals surface area (Å²) in [6.45, 7) is 0. The number of ether oxygens (including phenoxy) is 1. The van der Waals surface area contributed by atoms with E-state index in [-0.39, 0.29) is 17.5 Å². The van der Waals surface area contributed by atoms with E-state index in [1.165, 1.54) is 19.2 Å². The van der Waals surface area contributed by atoms with E-state index in [1.54, 1.807) is 24.3 Å². The Morgan fingerprint density at radius 2 is 1.64 bits per heavy atom. The lowest BCUT2D eigenvalue weighted by Gasteiger charge is -2.47. The normalized spacial score (nSPS) is 24.9. The number of fused-ring (bicyclic) bond motifs is 5. The second kappa shape index (κ2) is 8.14. The molecule has 3 aliphatic rings. The van der Waals surface area contributed by atoms with Gasteiger partial charge >= 0.3 is 0 Å². The van der Waals surface area contributed by atoms with Gasteiger partial charge in [0, 0.05) is 30.6 Å². The van der Waals surface area contributed by atoms with Crippen molar-refractivity contribution in [2.75, 3.05) is 19.1 Å². The van der Waals surface area contributed by atoms with Crippen LogP contribution in [0, 0.1) is 16.0 Å². The maximum absolute atomic E-state index is 13.1. The minimum absolute atomic E-state index is 0.0336. The van der Waals surface area contributed by atoms with Gasteiger partial charge in [-0.25, -0.2) is 0 Å². The molecule has 0 bridgehead atoms. The van der Waals surface area contributed by atoms with Crippen LogP contribution in [0.4, 0.5) is 17.1 Å². The Bertz CT molecular complexity index is 1380. The van der Waals surface area contributed by atoms with Gasteiger partial charge in [-0.15, -0.1) is 0 Å². The topological polar surface area (TPSA) is 105 Å². The van der Waals surface area contributed by atoms with E-state index < -0.39 is 29.2 Å². The van der Waals surface area contributed by atoms with Crippen LogP contribution in [0.5, 0.6) is 5.75 Å². The molecular formula is C26H22N4O6. The largest absolute Gasteiger partial charge is 0.497 e. The van der Waals surface area contributed by atoms with Crippen molar-refractivity contribution in [2.24, 2.45) is 5.92 Å². The molecular weight excluding hydrogens is 464 g/mol. The summed E-state index contributed by atoms with van der Waals surface area (Å²) in [4.78, 5) is 46.3. The first kappa shape index (κ1) is 22.2. The number of hydroxylamine groups is 2. The molecule has 0 spiro atoms. The number of rotatable bonds is 4. The van der Waals surface area contributed by atoms with Crippen molar-refractivity contribution in [2.45, 2.75) is 18.3 Å². The van der Waals surface area contributed by atoms with Gasteiger partial charge in [-0.2, -0.15) is 5.06 Å². The molecule has 182 valence electrons. The summed E-state index contributed by atoms with van der Waals surface area (Å²) in [6, 6.07) is 21.0. The summed E-state index contributed by atoms with van der Waals surface area (Å²) in [5.41, 5.74) is 3.21. The number of non-ortho nitro benzene ring substituents is 1. The molecule has 3 aromatic carbocycles. The Morgan fingerprint density at radius 3 is 2.31 bits per heavy atom. The number of para-hydroxylation sites is 1. The fraction of sp³-hybridized carbons (Fsp3) is 0.231. The number of anilines is 2. The van der Waals surface area contributed by atoms with Crippen LogP contribution in [0.15, 0.2) is 72.8 Å². The number of benzene rings is 3. The molecule has 0 saturated carbocycles. The first-order valence-corrected chi connectivity index (χ1v) is 11.4. The van der Waals surface area contributed by atoms with E-state index in [0.29, 0.717) is 11.3 Å². The number of hydrogen-bond acceptors (Lipinski definition) is 8. The van der Waals surface area contributed by atoms with Crippen LogP contribution in [0.1, 0.15) is 23.3 Å². The van der Waals surface area contributed by atoms with E-state index in [0.717, 1.165) is 21.8 Å². The lowest BCUT2D eigenvalue weighted by molar-refractivity contribution is -0.384. The van der Waals surface area contributed by atoms with Crippen LogP contribution in [0.3, 0.4) is 0 Å². The lowest BCUT2D eigenvalue weighted by atomic mass is 9.86. The molecule has 2 amide bonds. The Kier molecular flexibility index (Phi) is 5.02. The quantitative estimate of drug-likeness (QED) is 0.312. The van der Waals surface area contributed by atoms with E-state index in [9.17, 15) is 19.7 Å². The molecule has 6 rings (SSSR count). The van der Waals surface area contributed by atoms with Crippen molar-refractivity contribution in [3.05, 3.63) is 94.0 Å². The number of nitrogens with zero attached hydrogens (tertiary/aromatic N) is 4. The molecule has 2 saturated heterocycles. The highest BCUT2D eigenvalue weighted by molar-refractivity contribution is 6.07. The fourth-order valence-corrected chi connectivity index (χ4v) is 5.40. The number of carbonyl (C=O) groups is 2. The first-order valence-electron chi connectivity index (χ1n) is 11.4. The third-order valence-electron chi connectivity index (χ3n) is 7.12. The van der Waals surface area contributed by atoms with Crippen LogP contribution in [0.25, 0.3) is 0 Å². The molecule has 10 heteroatoms. The number of imide groups is 1. The van der Waals surface area contributed by atoms with Gasteiger partial charge in [0.2, 0.25) is 5.91 Å². The molecule has 0 unspecified atom stereocenters. The number of hydrogen-bond donors (Lipinski definition) is 0. The molecule has 3 aliphatic heterocycles. The highest BCUT2D eigenvalue weighted by Crippen LogP contribution is 2.56. The van der Waals surface area contributed by atoms with Crippen molar-refractivity contribution in [1.82, 2.24) is 9.96 Å². The maximum atomic E-state index is 13.1. The van der Waals surface area contributed by atoms with Crippen LogP contribution in [0.2, 0.25) is 0 Å². The number of methoxy groups -OCH3 is 1. The van der Waals surface area contributed by atoms with Crippen LogP contribution < -0.4 is 9.64 Å². The molecule has 0 N–H and O–H groups in total. The second-order valence-electron chi connectivity index (χ2n) is 8.94. The molecule has 0 radical (unpaired) electrons. The van der Waals surface area contributed by atoms with Crippen molar-refractivity contribution in [3.63, 3.8) is 0 Å². The predicted octanol–water partition coefficient (Wildman–Crippen LogP) is 3.73. The van der Waals surface area contributed by atoms with E-state index in [1.807, 2.05) is 53.4 Å². The molecule has 36 heavy (non-hydrogen) atoms. The van der Waals surface area contributed by atoms with Crippen molar-refractivity contribution in [3.8, 4) is 5.75 Å². The van der Waals surface area contributed by atoms with Gasteiger partial charge in [0.25, 0.3) is 11.6 Å². The number of nitro groups is 1. The zero-order chi connectivity index (χ0) is 25.1. The summed E-state index contributed by atoms with van der Waals surface area (Å²) in [6.07, 6.45) is -1.53. The zero-order valence-corrected chi connectivity index (χ0v) is 19.5. The van der Waals surface area contributed by atoms with E-state index >= 15 is 0 Å². The van der Waals surface area contributed by atoms with Gasteiger partial charge in [0.1, 0.15) is 11.9 Å². The van der Waals surface area contributed by atoms with Crippen molar-refractivity contribution in [1.29, 1.82) is 0 Å². The molecule has 10 nitrogen and oxygen atoms in total. The summed E-state index contributed by atoms with van der Waals surface area (Å²) in [5.74, 6) is -0.662. The highest BCUT2D eigenvalue weighted by Gasteiger charge is 2.62. The molecule has 3 aromatic rings. The standard InChI is InChI=1S/C26H22N4O6/c1-27-25(31)21-22-19-5-3-4-6-20(19)28(16-11-13-18(35-2)14-12-16)24(29(22)36-23(21)26(27)32)15-7-9-17(10-8-15)30(33)34/h3-14,21-24H,1-2H3/t21-,22-,23+,24-/m1/s1. The van der Waals surface area contributed by atoms with Gasteiger partial charge in [-0.3, -0.25) is 29.4 Å². The molecule has 0 aliphatic carbocycles. The van der Waals surface area contributed by atoms with Crippen molar-refractivity contribution < 1.29 is 24.1 Å².